The van der Waals surface area contributed by atoms with Crippen molar-refractivity contribution in [1.29, 1.82) is 0 Å². The number of nitrogens with two attached hydrogens (primary N) is 1. The van der Waals surface area contributed by atoms with Crippen LogP contribution in [0.25, 0.3) is 0 Å². The molecule has 0 spiro atoms. The Bertz CT molecular complexity index is 407. The van der Waals surface area contributed by atoms with Gasteiger partial charge < -0.3 is 5.73 Å². The number of benzene rings is 1. The summed E-state index contributed by atoms with van der Waals surface area (Å²) in [6.07, 6.45) is 0. The van der Waals surface area contributed by atoms with Gasteiger partial charge in [0.1, 0.15) is 5.38 Å². The third-order valence-electron chi connectivity index (χ3n) is 2.64. The largest absolute Gasteiger partial charge is 0.368 e. The molecular weight excluding hydrogens is 222 g/mol. The van der Waals surface area contributed by atoms with Gasteiger partial charge in [-0.05, 0) is 29.0 Å². The first-order valence-corrected chi connectivity index (χ1v) is 5.72. The van der Waals surface area contributed by atoms with E-state index in [9.17, 15) is 4.79 Å². The lowest BCUT2D eigenvalue weighted by Crippen LogP contribution is -2.23. The summed E-state index contributed by atoms with van der Waals surface area (Å²) in [6.45, 7) is 8.23. The molecule has 0 fully saturated rings. The number of amides is 1. The summed E-state index contributed by atoms with van der Waals surface area (Å²) in [5.41, 5.74) is 8.16. The molecule has 2 nitrogen and oxygen atoms in total. The number of hydrogen-bond acceptors (Lipinski definition) is 1. The third kappa shape index (κ3) is 2.56. The van der Waals surface area contributed by atoms with E-state index in [1.54, 1.807) is 0 Å². The van der Waals surface area contributed by atoms with E-state index in [4.69, 9.17) is 17.3 Å². The van der Waals surface area contributed by atoms with Crippen LogP contribution in [-0.4, -0.2) is 5.91 Å². The smallest absolute Gasteiger partial charge is 0.240 e. The maximum Gasteiger partial charge on any atom is 0.240 e. The lowest BCUT2D eigenvalue weighted by Gasteiger charge is -2.25. The highest BCUT2D eigenvalue weighted by Crippen LogP contribution is 2.34. The average Bonchev–Trinajstić information content (AvgIpc) is 2.14. The van der Waals surface area contributed by atoms with Gasteiger partial charge in [-0.2, -0.15) is 0 Å². The van der Waals surface area contributed by atoms with Crippen LogP contribution in [0, 0.1) is 6.92 Å². The minimum atomic E-state index is -0.754. The maximum absolute atomic E-state index is 11.2. The van der Waals surface area contributed by atoms with Gasteiger partial charge in [0, 0.05) is 0 Å². The number of primary amides is 1. The molecule has 88 valence electrons. The van der Waals surface area contributed by atoms with Gasteiger partial charge in [-0.1, -0.05) is 39.0 Å². The predicted molar refractivity (Wildman–Crippen MR) is 67.7 cm³/mol. The van der Waals surface area contributed by atoms with Crippen LogP contribution >= 0.6 is 11.6 Å². The van der Waals surface area contributed by atoms with Crippen LogP contribution in [0.1, 0.15) is 42.8 Å². The molecule has 0 aliphatic heterocycles. The number of aryl methyl sites for hydroxylation is 1. The molecule has 16 heavy (non-hydrogen) atoms. The minimum Gasteiger partial charge on any atom is -0.368 e. The Morgan fingerprint density at radius 2 is 1.94 bits per heavy atom. The van der Waals surface area contributed by atoms with Crippen molar-refractivity contribution >= 4 is 17.5 Å². The summed E-state index contributed by atoms with van der Waals surface area (Å²) in [6, 6.07) is 5.92. The van der Waals surface area contributed by atoms with Crippen molar-refractivity contribution in [1.82, 2.24) is 0 Å². The molecule has 0 saturated heterocycles. The third-order valence-corrected chi connectivity index (χ3v) is 3.07. The predicted octanol–water partition coefficient (Wildman–Crippen LogP) is 3.06. The molecule has 1 unspecified atom stereocenters. The van der Waals surface area contributed by atoms with Gasteiger partial charge in [0.05, 0.1) is 0 Å². The van der Waals surface area contributed by atoms with Crippen molar-refractivity contribution in [3.8, 4) is 0 Å². The van der Waals surface area contributed by atoms with Crippen molar-refractivity contribution in [2.45, 2.75) is 38.5 Å². The van der Waals surface area contributed by atoms with Gasteiger partial charge in [-0.3, -0.25) is 4.79 Å². The molecule has 0 heterocycles. The molecule has 0 bridgehead atoms. The highest BCUT2D eigenvalue weighted by Gasteiger charge is 2.25. The second-order valence-electron chi connectivity index (χ2n) is 5.05. The van der Waals surface area contributed by atoms with Crippen molar-refractivity contribution in [3.05, 3.63) is 34.9 Å². The van der Waals surface area contributed by atoms with Crippen LogP contribution < -0.4 is 5.73 Å². The van der Waals surface area contributed by atoms with E-state index >= 15 is 0 Å². The molecule has 1 aromatic rings. The Hall–Kier alpha value is -1.02. The van der Waals surface area contributed by atoms with Gasteiger partial charge >= 0.3 is 0 Å². The Balaban J connectivity index is 3.41. The number of alkyl halides is 1. The Morgan fingerprint density at radius 1 is 1.38 bits per heavy atom. The maximum atomic E-state index is 11.2. The highest BCUT2D eigenvalue weighted by atomic mass is 35.5. The van der Waals surface area contributed by atoms with Crippen molar-refractivity contribution in [3.63, 3.8) is 0 Å². The lowest BCUT2D eigenvalue weighted by molar-refractivity contribution is -0.117. The summed E-state index contributed by atoms with van der Waals surface area (Å²) in [7, 11) is 0. The molecule has 0 aliphatic carbocycles. The normalized spacial score (nSPS) is 13.6. The lowest BCUT2D eigenvalue weighted by atomic mass is 9.81. The molecule has 1 aromatic carbocycles. The van der Waals surface area contributed by atoms with E-state index < -0.39 is 11.3 Å². The first-order chi connectivity index (χ1) is 7.25. The van der Waals surface area contributed by atoms with Crippen LogP contribution in [0.15, 0.2) is 18.2 Å². The average molecular weight is 240 g/mol. The second-order valence-corrected chi connectivity index (χ2v) is 5.49. The number of carbonyl (C=O) groups excluding carboxylic acids is 1. The zero-order valence-electron chi connectivity index (χ0n) is 10.2. The SMILES string of the molecule is Cc1cccc(C(C)(C)C)c1C(Cl)C(N)=O. The van der Waals surface area contributed by atoms with Crippen LogP contribution in [0.5, 0.6) is 0 Å². The molecule has 2 N–H and O–H groups in total. The molecule has 1 atom stereocenters. The molecule has 0 radical (unpaired) electrons. The fraction of sp³-hybridized carbons (Fsp3) is 0.462. The Kier molecular flexibility index (Phi) is 3.64. The molecule has 1 rings (SSSR count). The standard InChI is InChI=1S/C13H18ClNO/c1-8-6-5-7-9(13(2,3)4)10(8)11(14)12(15)16/h5-7,11H,1-4H3,(H2,15,16). The number of halogens is 1. The number of carbonyl (C=O) groups is 1. The van der Waals surface area contributed by atoms with Crippen molar-refractivity contribution < 1.29 is 4.79 Å². The number of hydrogen-bond donors (Lipinski definition) is 1. The number of rotatable bonds is 2. The Morgan fingerprint density at radius 3 is 2.38 bits per heavy atom. The second kappa shape index (κ2) is 4.46. The molecule has 0 saturated carbocycles. The van der Waals surface area contributed by atoms with E-state index in [1.165, 1.54) is 0 Å². The van der Waals surface area contributed by atoms with Crippen molar-refractivity contribution in [2.24, 2.45) is 5.73 Å². The first-order valence-electron chi connectivity index (χ1n) is 5.28. The zero-order valence-corrected chi connectivity index (χ0v) is 10.9. The highest BCUT2D eigenvalue weighted by molar-refractivity contribution is 6.30. The molecule has 3 heteroatoms. The van der Waals surface area contributed by atoms with Crippen molar-refractivity contribution in [2.75, 3.05) is 0 Å². The van der Waals surface area contributed by atoms with Gasteiger partial charge in [-0.25, -0.2) is 0 Å². The fourth-order valence-corrected chi connectivity index (χ4v) is 2.10. The summed E-state index contributed by atoms with van der Waals surface area (Å²) < 4.78 is 0. The fourth-order valence-electron chi connectivity index (χ4n) is 1.81. The summed E-state index contributed by atoms with van der Waals surface area (Å²) in [5, 5.41) is -0.754. The van der Waals surface area contributed by atoms with E-state index in [0.29, 0.717) is 0 Å². The van der Waals surface area contributed by atoms with Gasteiger partial charge in [0.2, 0.25) is 5.91 Å². The topological polar surface area (TPSA) is 43.1 Å². The minimum absolute atomic E-state index is 0.0516. The van der Waals surface area contributed by atoms with E-state index in [2.05, 4.69) is 20.8 Å². The van der Waals surface area contributed by atoms with E-state index in [-0.39, 0.29) is 5.41 Å². The molecular formula is C13H18ClNO. The van der Waals surface area contributed by atoms with Crippen LogP contribution in [0.4, 0.5) is 0 Å². The van der Waals surface area contributed by atoms with Gasteiger partial charge in [0.15, 0.2) is 0 Å². The molecule has 1 amide bonds. The summed E-state index contributed by atoms with van der Waals surface area (Å²) >= 11 is 6.08. The van der Waals surface area contributed by atoms with Crippen LogP contribution in [0.3, 0.4) is 0 Å². The van der Waals surface area contributed by atoms with E-state index in [1.807, 2.05) is 25.1 Å². The summed E-state index contributed by atoms with van der Waals surface area (Å²) in [5.74, 6) is -0.499. The molecule has 0 aromatic heterocycles. The Labute approximate surface area is 102 Å². The monoisotopic (exact) mass is 239 g/mol. The van der Waals surface area contributed by atoms with Crippen LogP contribution in [0.2, 0.25) is 0 Å². The van der Waals surface area contributed by atoms with E-state index in [0.717, 1.165) is 16.7 Å². The van der Waals surface area contributed by atoms with Gasteiger partial charge in [0.25, 0.3) is 0 Å². The van der Waals surface area contributed by atoms with Crippen LogP contribution in [-0.2, 0) is 10.2 Å². The van der Waals surface area contributed by atoms with Gasteiger partial charge in [-0.15, -0.1) is 11.6 Å². The summed E-state index contributed by atoms with van der Waals surface area (Å²) in [4.78, 5) is 11.2. The molecule has 0 aliphatic rings. The zero-order chi connectivity index (χ0) is 12.5. The quantitative estimate of drug-likeness (QED) is 0.792. The first kappa shape index (κ1) is 13.0.